The summed E-state index contributed by atoms with van der Waals surface area (Å²) in [6.45, 7) is 0. The minimum Gasteiger partial charge on any atom is -0.423 e. The molecular formula is C15H12ClN3O2S. The Hall–Kier alpha value is -2.44. The maximum absolute atomic E-state index is 12.0. The van der Waals surface area contributed by atoms with Crippen LogP contribution in [0, 0.1) is 0 Å². The molecule has 0 heterocycles. The molecule has 0 bridgehead atoms. The summed E-state index contributed by atoms with van der Waals surface area (Å²) in [5.74, 6) is -0.0637. The number of hydrogen-bond donors (Lipinski definition) is 2. The van der Waals surface area contributed by atoms with Crippen LogP contribution in [0.5, 0.6) is 5.75 Å². The number of nitrogens with two attached hydrogens (primary N) is 1. The number of thiocarbonyl (C=S) groups is 1. The number of nitrogens with zero attached hydrogens (tertiary/aromatic N) is 1. The highest BCUT2D eigenvalue weighted by Crippen LogP contribution is 2.15. The van der Waals surface area contributed by atoms with Crippen LogP contribution in [-0.4, -0.2) is 17.3 Å². The van der Waals surface area contributed by atoms with Crippen LogP contribution in [0.3, 0.4) is 0 Å². The van der Waals surface area contributed by atoms with Crippen molar-refractivity contribution < 1.29 is 9.53 Å². The predicted octanol–water partition coefficient (Wildman–Crippen LogP) is 2.73. The van der Waals surface area contributed by atoms with Crippen molar-refractivity contribution in [1.82, 2.24) is 5.43 Å². The molecule has 0 aliphatic rings. The fraction of sp³-hybridized carbons (Fsp3) is 0. The lowest BCUT2D eigenvalue weighted by molar-refractivity contribution is 0.0735. The van der Waals surface area contributed by atoms with Gasteiger partial charge in [0.2, 0.25) is 0 Å². The van der Waals surface area contributed by atoms with Gasteiger partial charge >= 0.3 is 5.97 Å². The molecule has 0 unspecified atom stereocenters. The number of benzene rings is 2. The average molecular weight is 334 g/mol. The van der Waals surface area contributed by atoms with Crippen molar-refractivity contribution in [1.29, 1.82) is 0 Å². The van der Waals surface area contributed by atoms with Crippen LogP contribution in [0.25, 0.3) is 0 Å². The van der Waals surface area contributed by atoms with Crippen molar-refractivity contribution in [2.24, 2.45) is 10.8 Å². The summed E-state index contributed by atoms with van der Waals surface area (Å²) in [7, 11) is 0. The number of nitrogens with one attached hydrogen (secondary N) is 1. The molecule has 0 radical (unpaired) electrons. The Morgan fingerprint density at radius 2 is 2.00 bits per heavy atom. The molecule has 0 saturated heterocycles. The summed E-state index contributed by atoms with van der Waals surface area (Å²) in [4.78, 5) is 12.0. The van der Waals surface area contributed by atoms with Gasteiger partial charge in [0.15, 0.2) is 5.11 Å². The van der Waals surface area contributed by atoms with Crippen LogP contribution in [0.2, 0.25) is 5.02 Å². The Bertz CT molecular complexity index is 717. The van der Waals surface area contributed by atoms with Crippen molar-refractivity contribution >= 4 is 41.1 Å². The van der Waals surface area contributed by atoms with E-state index in [-0.39, 0.29) is 5.11 Å². The van der Waals surface area contributed by atoms with Crippen molar-refractivity contribution in [3.63, 3.8) is 0 Å². The highest BCUT2D eigenvalue weighted by atomic mass is 35.5. The highest BCUT2D eigenvalue weighted by Gasteiger charge is 2.08. The summed E-state index contributed by atoms with van der Waals surface area (Å²) < 4.78 is 5.29. The minimum atomic E-state index is -0.466. The zero-order valence-corrected chi connectivity index (χ0v) is 12.9. The summed E-state index contributed by atoms with van der Waals surface area (Å²) in [5, 5.41) is 4.46. The number of carbonyl (C=O) groups excluding carboxylic acids is 1. The quantitative estimate of drug-likeness (QED) is 0.296. The van der Waals surface area contributed by atoms with Gasteiger partial charge in [-0.05, 0) is 54.2 Å². The lowest BCUT2D eigenvalue weighted by atomic mass is 10.2. The van der Waals surface area contributed by atoms with E-state index in [4.69, 9.17) is 22.1 Å². The summed E-state index contributed by atoms with van der Waals surface area (Å²) in [6, 6.07) is 13.3. The van der Waals surface area contributed by atoms with Gasteiger partial charge in [-0.3, -0.25) is 5.43 Å². The van der Waals surface area contributed by atoms with Gasteiger partial charge in [0.05, 0.1) is 11.8 Å². The molecule has 0 amide bonds. The first-order valence-corrected chi connectivity index (χ1v) is 6.99. The first-order chi connectivity index (χ1) is 10.5. The second kappa shape index (κ2) is 7.53. The Kier molecular flexibility index (Phi) is 5.46. The van der Waals surface area contributed by atoms with Gasteiger partial charge < -0.3 is 10.5 Å². The largest absolute Gasteiger partial charge is 0.423 e. The van der Waals surface area contributed by atoms with Crippen molar-refractivity contribution in [3.8, 4) is 5.75 Å². The van der Waals surface area contributed by atoms with Crippen LogP contribution < -0.4 is 15.9 Å². The molecule has 2 aromatic carbocycles. The monoisotopic (exact) mass is 333 g/mol. The smallest absolute Gasteiger partial charge is 0.343 e. The minimum absolute atomic E-state index is 0.0709. The van der Waals surface area contributed by atoms with E-state index >= 15 is 0 Å². The number of rotatable bonds is 4. The summed E-state index contributed by atoms with van der Waals surface area (Å²) >= 11 is 10.4. The molecule has 7 heteroatoms. The second-order valence-corrected chi connectivity index (χ2v) is 5.08. The van der Waals surface area contributed by atoms with E-state index in [0.717, 1.165) is 5.56 Å². The Balaban J connectivity index is 2.06. The van der Waals surface area contributed by atoms with Gasteiger partial charge in [0.25, 0.3) is 0 Å². The maximum Gasteiger partial charge on any atom is 0.343 e. The summed E-state index contributed by atoms with van der Waals surface area (Å²) in [6.07, 6.45) is 1.51. The molecule has 0 atom stereocenters. The lowest BCUT2D eigenvalue weighted by Gasteiger charge is -2.05. The molecule has 22 heavy (non-hydrogen) atoms. The number of esters is 1. The number of hydrazone groups is 1. The molecule has 3 N–H and O–H groups in total. The number of hydrogen-bond acceptors (Lipinski definition) is 4. The molecule has 5 nitrogen and oxygen atoms in total. The van der Waals surface area contributed by atoms with Gasteiger partial charge in [-0.2, -0.15) is 5.10 Å². The van der Waals surface area contributed by atoms with E-state index in [1.807, 2.05) is 0 Å². The normalized spacial score (nSPS) is 10.4. The molecule has 0 aliphatic carbocycles. The fourth-order valence-corrected chi connectivity index (χ4v) is 1.76. The third-order valence-electron chi connectivity index (χ3n) is 2.54. The van der Waals surface area contributed by atoms with Gasteiger partial charge in [-0.15, -0.1) is 0 Å². The maximum atomic E-state index is 12.0. The van der Waals surface area contributed by atoms with Crippen LogP contribution in [0.4, 0.5) is 0 Å². The summed E-state index contributed by atoms with van der Waals surface area (Å²) in [5.41, 5.74) is 8.84. The second-order valence-electron chi connectivity index (χ2n) is 4.20. The van der Waals surface area contributed by atoms with E-state index in [1.165, 1.54) is 6.21 Å². The molecular weight excluding hydrogens is 322 g/mol. The molecule has 0 aliphatic heterocycles. The lowest BCUT2D eigenvalue weighted by Crippen LogP contribution is -2.23. The Morgan fingerprint density at radius 1 is 1.27 bits per heavy atom. The predicted molar refractivity (Wildman–Crippen MR) is 90.4 cm³/mol. The molecule has 0 saturated carbocycles. The van der Waals surface area contributed by atoms with E-state index in [9.17, 15) is 4.79 Å². The third kappa shape index (κ3) is 4.83. The van der Waals surface area contributed by atoms with E-state index in [0.29, 0.717) is 16.3 Å². The Morgan fingerprint density at radius 3 is 2.68 bits per heavy atom. The molecule has 2 aromatic rings. The zero-order valence-electron chi connectivity index (χ0n) is 11.3. The first-order valence-electron chi connectivity index (χ1n) is 6.21. The van der Waals surface area contributed by atoms with Gasteiger partial charge in [-0.25, -0.2) is 4.79 Å². The highest BCUT2D eigenvalue weighted by molar-refractivity contribution is 7.80. The molecule has 0 fully saturated rings. The topological polar surface area (TPSA) is 76.7 Å². The standard InChI is InChI=1S/C15H12ClN3O2S/c16-12-6-4-11(5-7-12)14(20)21-13-3-1-2-10(8-13)9-18-19-15(17)22/h1-9H,(H3,17,19,22)/b18-9+. The molecule has 0 aromatic heterocycles. The van der Waals surface area contributed by atoms with Crippen LogP contribution in [0.15, 0.2) is 53.6 Å². The fourth-order valence-electron chi connectivity index (χ4n) is 1.58. The molecule has 2 rings (SSSR count). The van der Waals surface area contributed by atoms with Crippen LogP contribution >= 0.6 is 23.8 Å². The van der Waals surface area contributed by atoms with Gasteiger partial charge in [0, 0.05) is 5.02 Å². The van der Waals surface area contributed by atoms with E-state index in [2.05, 4.69) is 22.7 Å². The number of halogens is 1. The van der Waals surface area contributed by atoms with E-state index < -0.39 is 5.97 Å². The van der Waals surface area contributed by atoms with Crippen molar-refractivity contribution in [3.05, 3.63) is 64.7 Å². The number of carbonyl (C=O) groups is 1. The van der Waals surface area contributed by atoms with Crippen molar-refractivity contribution in [2.75, 3.05) is 0 Å². The molecule has 0 spiro atoms. The van der Waals surface area contributed by atoms with Gasteiger partial charge in [0.1, 0.15) is 5.75 Å². The third-order valence-corrected chi connectivity index (χ3v) is 2.88. The van der Waals surface area contributed by atoms with Crippen LogP contribution in [0.1, 0.15) is 15.9 Å². The SMILES string of the molecule is NC(=S)N/N=C/c1cccc(OC(=O)c2ccc(Cl)cc2)c1. The average Bonchev–Trinajstić information content (AvgIpc) is 2.48. The zero-order chi connectivity index (χ0) is 15.9. The van der Waals surface area contributed by atoms with E-state index in [1.54, 1.807) is 48.5 Å². The van der Waals surface area contributed by atoms with Gasteiger partial charge in [-0.1, -0.05) is 23.7 Å². The van der Waals surface area contributed by atoms with Crippen molar-refractivity contribution in [2.45, 2.75) is 0 Å². The van der Waals surface area contributed by atoms with Crippen LogP contribution in [-0.2, 0) is 0 Å². The number of ether oxygens (including phenoxy) is 1. The first kappa shape index (κ1) is 15.9. The molecule has 112 valence electrons. The Labute approximate surface area is 137 Å².